The maximum absolute atomic E-state index is 14.3. The van der Waals surface area contributed by atoms with Gasteiger partial charge >= 0.3 is 6.03 Å². The Morgan fingerprint density at radius 3 is 2.40 bits per heavy atom. The number of amides is 4. The fourth-order valence-electron chi connectivity index (χ4n) is 5.68. The zero-order valence-electron chi connectivity index (χ0n) is 18.9. The Bertz CT molecular complexity index is 1350. The number of hydrogen-bond acceptors (Lipinski definition) is 5. The largest absolute Gasteiger partial charge is 0.368 e. The summed E-state index contributed by atoms with van der Waals surface area (Å²) in [7, 11) is 0. The van der Waals surface area contributed by atoms with E-state index in [9.17, 15) is 14.4 Å². The first-order valence-corrected chi connectivity index (χ1v) is 12.0. The SMILES string of the molecule is O=C1NC(=O)[C@@]2(Cc3ccccc3N3CCN(c4ccccc4)C[C@H]32)C(=O)N1c1cccc(Cl)c1. The number of imide groups is 2. The number of benzene rings is 3. The highest BCUT2D eigenvalue weighted by molar-refractivity contribution is 6.33. The molecule has 0 saturated carbocycles. The molecule has 3 aromatic carbocycles. The van der Waals surface area contributed by atoms with Crippen LogP contribution in [-0.4, -0.2) is 43.5 Å². The lowest BCUT2D eigenvalue weighted by Crippen LogP contribution is -2.75. The summed E-state index contributed by atoms with van der Waals surface area (Å²) in [5, 5.41) is 2.90. The molecule has 35 heavy (non-hydrogen) atoms. The molecule has 0 radical (unpaired) electrons. The number of rotatable bonds is 2. The standard InChI is InChI=1S/C27H23ClN4O3/c28-19-8-6-11-21(15-19)32-25(34)27(24(33)29-26(32)35)16-18-7-4-5-12-22(18)31-14-13-30(17-23(27)31)20-9-2-1-3-10-20/h1-12,15,23H,13-14,16-17H2,(H,29,33,35)/t23-,27-/m0/s1. The minimum Gasteiger partial charge on any atom is -0.368 e. The van der Waals surface area contributed by atoms with Gasteiger partial charge in [-0.2, -0.15) is 0 Å². The molecule has 1 spiro atoms. The van der Waals surface area contributed by atoms with E-state index in [0.717, 1.165) is 28.4 Å². The number of nitrogens with zero attached hydrogens (tertiary/aromatic N) is 3. The monoisotopic (exact) mass is 486 g/mol. The van der Waals surface area contributed by atoms with Crippen molar-refractivity contribution < 1.29 is 14.4 Å². The van der Waals surface area contributed by atoms with Crippen molar-refractivity contribution in [1.29, 1.82) is 0 Å². The normalized spacial score (nSPS) is 23.7. The number of hydrogen-bond donors (Lipinski definition) is 1. The summed E-state index contributed by atoms with van der Waals surface area (Å²) in [6.07, 6.45) is 0.210. The third kappa shape index (κ3) is 3.30. The van der Waals surface area contributed by atoms with Gasteiger partial charge in [-0.15, -0.1) is 0 Å². The molecular weight excluding hydrogens is 464 g/mol. The van der Waals surface area contributed by atoms with Crippen molar-refractivity contribution in [1.82, 2.24) is 5.32 Å². The van der Waals surface area contributed by atoms with Crippen molar-refractivity contribution in [3.63, 3.8) is 0 Å². The highest BCUT2D eigenvalue weighted by atomic mass is 35.5. The summed E-state index contributed by atoms with van der Waals surface area (Å²) in [4.78, 5) is 46.4. The van der Waals surface area contributed by atoms with Crippen LogP contribution in [0.4, 0.5) is 21.9 Å². The van der Waals surface area contributed by atoms with Gasteiger partial charge in [0, 0.05) is 36.0 Å². The Morgan fingerprint density at radius 2 is 1.60 bits per heavy atom. The van der Waals surface area contributed by atoms with E-state index >= 15 is 0 Å². The van der Waals surface area contributed by atoms with Crippen molar-refractivity contribution in [3.8, 4) is 0 Å². The summed E-state index contributed by atoms with van der Waals surface area (Å²) in [5.41, 5.74) is 1.85. The quantitative estimate of drug-likeness (QED) is 0.557. The molecule has 3 heterocycles. The molecule has 0 bridgehead atoms. The predicted molar refractivity (Wildman–Crippen MR) is 135 cm³/mol. The van der Waals surface area contributed by atoms with Gasteiger partial charge < -0.3 is 9.80 Å². The number of barbiturate groups is 1. The minimum atomic E-state index is -1.47. The van der Waals surface area contributed by atoms with E-state index in [1.54, 1.807) is 24.3 Å². The summed E-state index contributed by atoms with van der Waals surface area (Å²) >= 11 is 6.18. The van der Waals surface area contributed by atoms with Crippen molar-refractivity contribution in [2.45, 2.75) is 12.5 Å². The summed E-state index contributed by atoms with van der Waals surface area (Å²) in [6, 6.07) is 23.2. The fourth-order valence-corrected chi connectivity index (χ4v) is 5.86. The van der Waals surface area contributed by atoms with E-state index in [-0.39, 0.29) is 6.42 Å². The average molecular weight is 487 g/mol. The summed E-state index contributed by atoms with van der Waals surface area (Å²) in [5.74, 6) is -1.07. The molecule has 4 amide bonds. The zero-order chi connectivity index (χ0) is 24.2. The lowest BCUT2D eigenvalue weighted by molar-refractivity contribution is -0.144. The average Bonchev–Trinajstić information content (AvgIpc) is 2.87. The van der Waals surface area contributed by atoms with Gasteiger partial charge in [0.25, 0.3) is 5.91 Å². The molecule has 176 valence electrons. The molecule has 1 N–H and O–H groups in total. The number of halogens is 1. The van der Waals surface area contributed by atoms with Crippen LogP contribution >= 0.6 is 11.6 Å². The first-order valence-electron chi connectivity index (χ1n) is 11.6. The molecule has 2 saturated heterocycles. The number of nitrogens with one attached hydrogen (secondary N) is 1. The molecular formula is C27H23ClN4O3. The Hall–Kier alpha value is -3.84. The Balaban J connectivity index is 1.49. The molecule has 0 aromatic heterocycles. The van der Waals surface area contributed by atoms with Crippen LogP contribution in [-0.2, 0) is 16.0 Å². The molecule has 2 fully saturated rings. The molecule has 0 unspecified atom stereocenters. The van der Waals surface area contributed by atoms with Crippen LogP contribution in [0, 0.1) is 5.41 Å². The van der Waals surface area contributed by atoms with Gasteiger partial charge in [0.05, 0.1) is 11.7 Å². The predicted octanol–water partition coefficient (Wildman–Crippen LogP) is 3.86. The smallest absolute Gasteiger partial charge is 0.335 e. The third-order valence-electron chi connectivity index (χ3n) is 7.32. The molecule has 0 aliphatic carbocycles. The number of piperazine rings is 1. The van der Waals surface area contributed by atoms with Gasteiger partial charge in [-0.05, 0) is 48.4 Å². The van der Waals surface area contributed by atoms with Gasteiger partial charge in [-0.1, -0.05) is 54.1 Å². The zero-order valence-corrected chi connectivity index (χ0v) is 19.6. The van der Waals surface area contributed by atoms with Crippen LogP contribution in [0.2, 0.25) is 5.02 Å². The van der Waals surface area contributed by atoms with Gasteiger partial charge in [-0.3, -0.25) is 14.9 Å². The van der Waals surface area contributed by atoms with Gasteiger partial charge in [-0.25, -0.2) is 9.69 Å². The highest BCUT2D eigenvalue weighted by Gasteiger charge is 2.63. The molecule has 3 aromatic rings. The lowest BCUT2D eigenvalue weighted by atomic mass is 9.67. The van der Waals surface area contributed by atoms with E-state index in [2.05, 4.69) is 15.1 Å². The third-order valence-corrected chi connectivity index (χ3v) is 7.56. The van der Waals surface area contributed by atoms with E-state index in [4.69, 9.17) is 11.6 Å². The number of para-hydroxylation sites is 2. The van der Waals surface area contributed by atoms with E-state index in [1.807, 2.05) is 54.6 Å². The molecule has 7 nitrogen and oxygen atoms in total. The Labute approximate surface area is 207 Å². The number of fused-ring (bicyclic) bond motifs is 4. The lowest BCUT2D eigenvalue weighted by Gasteiger charge is -2.55. The Morgan fingerprint density at radius 1 is 0.857 bits per heavy atom. The maximum atomic E-state index is 14.3. The fraction of sp³-hybridized carbons (Fsp3) is 0.222. The minimum absolute atomic E-state index is 0.210. The first-order chi connectivity index (χ1) is 17.0. The molecule has 8 heteroatoms. The molecule has 2 atom stereocenters. The van der Waals surface area contributed by atoms with Crippen LogP contribution in [0.3, 0.4) is 0 Å². The second-order valence-corrected chi connectivity index (χ2v) is 9.58. The van der Waals surface area contributed by atoms with E-state index in [1.165, 1.54) is 0 Å². The summed E-state index contributed by atoms with van der Waals surface area (Å²) in [6.45, 7) is 1.86. The molecule has 3 aliphatic heterocycles. The maximum Gasteiger partial charge on any atom is 0.335 e. The Kier molecular flexibility index (Phi) is 5.04. The van der Waals surface area contributed by atoms with Crippen molar-refractivity contribution in [2.75, 3.05) is 34.3 Å². The van der Waals surface area contributed by atoms with Crippen molar-refractivity contribution in [3.05, 3.63) is 89.4 Å². The summed E-state index contributed by atoms with van der Waals surface area (Å²) < 4.78 is 0. The van der Waals surface area contributed by atoms with Crippen LogP contribution in [0.5, 0.6) is 0 Å². The second-order valence-electron chi connectivity index (χ2n) is 9.15. The van der Waals surface area contributed by atoms with Gasteiger partial charge in [0.2, 0.25) is 5.91 Å². The van der Waals surface area contributed by atoms with Crippen LogP contribution in [0.15, 0.2) is 78.9 Å². The van der Waals surface area contributed by atoms with Crippen LogP contribution < -0.4 is 20.0 Å². The molecule has 3 aliphatic rings. The van der Waals surface area contributed by atoms with Crippen molar-refractivity contribution in [2.24, 2.45) is 5.41 Å². The number of urea groups is 1. The van der Waals surface area contributed by atoms with Gasteiger partial charge in [0.1, 0.15) is 0 Å². The highest BCUT2D eigenvalue weighted by Crippen LogP contribution is 2.46. The number of carbonyl (C=O) groups is 3. The molecule has 6 rings (SSSR count). The number of anilines is 3. The number of carbonyl (C=O) groups excluding carboxylic acids is 3. The van der Waals surface area contributed by atoms with Crippen molar-refractivity contribution >= 4 is 46.5 Å². The van der Waals surface area contributed by atoms with Crippen LogP contribution in [0.1, 0.15) is 5.56 Å². The topological polar surface area (TPSA) is 73.0 Å². The first kappa shape index (κ1) is 21.7. The van der Waals surface area contributed by atoms with Crippen LogP contribution in [0.25, 0.3) is 0 Å². The van der Waals surface area contributed by atoms with Gasteiger partial charge in [0.15, 0.2) is 5.41 Å². The second kappa shape index (κ2) is 8.13. The van der Waals surface area contributed by atoms with E-state index < -0.39 is 29.3 Å². The van der Waals surface area contributed by atoms with E-state index in [0.29, 0.717) is 23.8 Å².